The van der Waals surface area contributed by atoms with E-state index in [1.807, 2.05) is 6.92 Å². The van der Waals surface area contributed by atoms with Crippen LogP contribution in [0.15, 0.2) is 10.6 Å². The molecule has 0 bridgehead atoms. The first-order chi connectivity index (χ1) is 17.0. The number of aliphatic carboxylic acids is 1. The van der Waals surface area contributed by atoms with Gasteiger partial charge < -0.3 is 44.6 Å². The van der Waals surface area contributed by atoms with E-state index < -0.39 is 61.8 Å². The second kappa shape index (κ2) is 16.8. The van der Waals surface area contributed by atoms with Gasteiger partial charge in [0.15, 0.2) is 6.29 Å². The van der Waals surface area contributed by atoms with Gasteiger partial charge in [-0.25, -0.2) is 0 Å². The second-order valence-corrected chi connectivity index (χ2v) is 10.3. The van der Waals surface area contributed by atoms with Gasteiger partial charge in [0.25, 0.3) is 0 Å². The number of esters is 2. The number of carboxylic acids is 1. The van der Waals surface area contributed by atoms with Gasteiger partial charge in [0.2, 0.25) is 6.41 Å². The van der Waals surface area contributed by atoms with Crippen LogP contribution in [0, 0.1) is 0 Å². The normalized spacial score (nSPS) is 24.4. The van der Waals surface area contributed by atoms with Gasteiger partial charge in [-0.1, -0.05) is 28.5 Å². The number of carbonyl (C=O) groups is 4. The van der Waals surface area contributed by atoms with E-state index in [-0.39, 0.29) is 32.3 Å². The van der Waals surface area contributed by atoms with Gasteiger partial charge in [-0.2, -0.15) is 0 Å². The molecule has 1 heterocycles. The van der Waals surface area contributed by atoms with Crippen molar-refractivity contribution in [2.45, 2.75) is 70.2 Å². The SMILES string of the molecule is CCSS/C(CCOC(=O)CCCC(=O)O)=C(/C)N(C=O)CC(=O)OCC1OC(O)C(O)C(O)C1O. The molecule has 1 fully saturated rings. The van der Waals surface area contributed by atoms with Gasteiger partial charge in [-0.3, -0.25) is 19.2 Å². The smallest absolute Gasteiger partial charge is 0.326 e. The van der Waals surface area contributed by atoms with E-state index in [2.05, 4.69) is 0 Å². The van der Waals surface area contributed by atoms with Crippen molar-refractivity contribution < 1.29 is 58.9 Å². The number of carboxylic acid groups (broad SMARTS) is 1. The fourth-order valence-electron chi connectivity index (χ4n) is 2.95. The summed E-state index contributed by atoms with van der Waals surface area (Å²) in [5, 5.41) is 47.3. The molecule has 0 aromatic carbocycles. The average molecular weight is 556 g/mol. The fraction of sp³-hybridized carbons (Fsp3) is 0.714. The van der Waals surface area contributed by atoms with Gasteiger partial charge in [-0.15, -0.1) is 0 Å². The number of carbonyl (C=O) groups excluding carboxylic acids is 3. The number of aliphatic hydroxyl groups is 4. The van der Waals surface area contributed by atoms with Gasteiger partial charge >= 0.3 is 17.9 Å². The quantitative estimate of drug-likeness (QED) is 0.0936. The van der Waals surface area contributed by atoms with E-state index in [9.17, 15) is 39.6 Å². The van der Waals surface area contributed by atoms with Gasteiger partial charge in [-0.05, 0) is 13.3 Å². The predicted molar refractivity (Wildman–Crippen MR) is 128 cm³/mol. The standard InChI is InChI=1S/C21H33NO12S2/c1-3-35-36-14(7-8-32-16(26)6-4-5-15(24)25)12(2)22(11-23)9-17(27)33-10-13-18(28)19(29)20(30)21(31)34-13/h11,13,18-21,28-31H,3-10H2,1-2H3,(H,24,25)/b14-12-. The highest BCUT2D eigenvalue weighted by Crippen LogP contribution is 2.35. The van der Waals surface area contributed by atoms with Crippen LogP contribution in [0.25, 0.3) is 0 Å². The molecule has 1 saturated heterocycles. The van der Waals surface area contributed by atoms with Crippen molar-refractivity contribution in [3.8, 4) is 0 Å². The summed E-state index contributed by atoms with van der Waals surface area (Å²) >= 11 is 0. The Kier molecular flexibility index (Phi) is 15.0. The molecule has 0 spiro atoms. The molecule has 15 heteroatoms. The van der Waals surface area contributed by atoms with Crippen LogP contribution in [0.4, 0.5) is 0 Å². The summed E-state index contributed by atoms with van der Waals surface area (Å²) in [5.74, 6) is -1.65. The van der Waals surface area contributed by atoms with Crippen LogP contribution in [0.2, 0.25) is 0 Å². The van der Waals surface area contributed by atoms with Crippen molar-refractivity contribution in [2.75, 3.05) is 25.5 Å². The van der Waals surface area contributed by atoms with Crippen molar-refractivity contribution >= 4 is 45.9 Å². The molecule has 5 unspecified atom stereocenters. The van der Waals surface area contributed by atoms with Crippen LogP contribution < -0.4 is 0 Å². The molecule has 36 heavy (non-hydrogen) atoms. The number of aliphatic hydroxyl groups excluding tert-OH is 4. The summed E-state index contributed by atoms with van der Waals surface area (Å²) in [7, 11) is 2.83. The molecule has 1 amide bonds. The highest BCUT2D eigenvalue weighted by molar-refractivity contribution is 8.78. The Morgan fingerprint density at radius 1 is 1.00 bits per heavy atom. The Morgan fingerprint density at radius 2 is 1.69 bits per heavy atom. The van der Waals surface area contributed by atoms with E-state index in [1.54, 1.807) is 6.92 Å². The number of ether oxygens (including phenoxy) is 3. The maximum atomic E-state index is 12.3. The highest BCUT2D eigenvalue weighted by Gasteiger charge is 2.43. The van der Waals surface area contributed by atoms with E-state index in [0.29, 0.717) is 17.0 Å². The number of rotatable bonds is 16. The predicted octanol–water partition coefficient (Wildman–Crippen LogP) is -0.391. The Hall–Kier alpha value is -1.88. The molecule has 1 aliphatic heterocycles. The fourth-order valence-corrected chi connectivity index (χ4v) is 5.01. The van der Waals surface area contributed by atoms with Crippen LogP contribution in [0.1, 0.15) is 39.5 Å². The van der Waals surface area contributed by atoms with Gasteiger partial charge in [0.05, 0.1) is 6.61 Å². The van der Waals surface area contributed by atoms with Crippen molar-refractivity contribution in [1.82, 2.24) is 4.90 Å². The number of amides is 1. The van der Waals surface area contributed by atoms with Crippen molar-refractivity contribution in [3.05, 3.63) is 10.6 Å². The van der Waals surface area contributed by atoms with E-state index in [4.69, 9.17) is 19.3 Å². The minimum absolute atomic E-state index is 0.000404. The molecule has 5 atom stereocenters. The molecule has 1 rings (SSSR count). The second-order valence-electron chi connectivity index (χ2n) is 7.67. The zero-order chi connectivity index (χ0) is 27.3. The summed E-state index contributed by atoms with van der Waals surface area (Å²) in [6.07, 6.45) is -7.40. The number of allylic oxidation sites excluding steroid dienone is 1. The van der Waals surface area contributed by atoms with E-state index in [1.165, 1.54) is 21.6 Å². The molecule has 5 N–H and O–H groups in total. The molecular formula is C21H33NO12S2. The maximum Gasteiger partial charge on any atom is 0.326 e. The first-order valence-corrected chi connectivity index (χ1v) is 13.5. The molecular weight excluding hydrogens is 522 g/mol. The molecule has 0 aromatic rings. The van der Waals surface area contributed by atoms with E-state index in [0.717, 1.165) is 10.7 Å². The lowest BCUT2D eigenvalue weighted by atomic mass is 9.99. The van der Waals surface area contributed by atoms with Crippen LogP contribution in [-0.4, -0.2) is 111 Å². The van der Waals surface area contributed by atoms with Gasteiger partial charge in [0.1, 0.15) is 37.6 Å². The summed E-state index contributed by atoms with van der Waals surface area (Å²) in [4.78, 5) is 48.0. The van der Waals surface area contributed by atoms with E-state index >= 15 is 0 Å². The lowest BCUT2D eigenvalue weighted by molar-refractivity contribution is -0.287. The number of hydrogen-bond acceptors (Lipinski definition) is 13. The number of hydrogen-bond donors (Lipinski definition) is 5. The average Bonchev–Trinajstić information content (AvgIpc) is 2.84. The molecule has 206 valence electrons. The topological polar surface area (TPSA) is 200 Å². The minimum Gasteiger partial charge on any atom is -0.481 e. The van der Waals surface area contributed by atoms with Crippen molar-refractivity contribution in [2.24, 2.45) is 0 Å². The third-order valence-electron chi connectivity index (χ3n) is 5.00. The van der Waals surface area contributed by atoms with Crippen molar-refractivity contribution in [3.63, 3.8) is 0 Å². The van der Waals surface area contributed by atoms with Crippen LogP contribution >= 0.6 is 21.6 Å². The lowest BCUT2D eigenvalue weighted by Gasteiger charge is -2.37. The van der Waals surface area contributed by atoms with Crippen LogP contribution in [0.3, 0.4) is 0 Å². The minimum atomic E-state index is -1.77. The molecule has 0 aliphatic carbocycles. The Bertz CT molecular complexity index is 780. The Labute approximate surface area is 216 Å². The van der Waals surface area contributed by atoms with Crippen LogP contribution in [0.5, 0.6) is 0 Å². The summed E-state index contributed by atoms with van der Waals surface area (Å²) in [5.41, 5.74) is 0.428. The molecule has 0 saturated carbocycles. The first-order valence-electron chi connectivity index (χ1n) is 11.1. The monoisotopic (exact) mass is 555 g/mol. The molecule has 0 radical (unpaired) electrons. The van der Waals surface area contributed by atoms with Crippen molar-refractivity contribution in [1.29, 1.82) is 0 Å². The Balaban J connectivity index is 2.68. The largest absolute Gasteiger partial charge is 0.481 e. The maximum absolute atomic E-state index is 12.3. The first kappa shape index (κ1) is 32.1. The summed E-state index contributed by atoms with van der Waals surface area (Å²) < 4.78 is 15.1. The zero-order valence-electron chi connectivity index (χ0n) is 20.0. The molecule has 13 nitrogen and oxygen atoms in total. The zero-order valence-corrected chi connectivity index (χ0v) is 21.6. The van der Waals surface area contributed by atoms with Gasteiger partial charge in [0, 0.05) is 35.6 Å². The molecule has 1 aliphatic rings. The summed E-state index contributed by atoms with van der Waals surface area (Å²) in [6.45, 7) is 2.51. The van der Waals surface area contributed by atoms with Crippen LogP contribution in [-0.2, 0) is 33.4 Å². The summed E-state index contributed by atoms with van der Waals surface area (Å²) in [6, 6.07) is 0. The lowest BCUT2D eigenvalue weighted by Crippen LogP contribution is -2.58. The highest BCUT2D eigenvalue weighted by atomic mass is 33.1. The number of nitrogens with zero attached hydrogens (tertiary/aromatic N) is 1. The Morgan fingerprint density at radius 3 is 2.31 bits per heavy atom. The molecule has 0 aromatic heterocycles. The third kappa shape index (κ3) is 11.0. The third-order valence-corrected chi connectivity index (χ3v) is 7.72.